The highest BCUT2D eigenvalue weighted by Crippen LogP contribution is 2.48. The Morgan fingerprint density at radius 2 is 0.812 bits per heavy atom. The summed E-state index contributed by atoms with van der Waals surface area (Å²) in [5, 5.41) is 0. The molecule has 85 heavy (non-hydrogen) atoms. The van der Waals surface area contributed by atoms with E-state index in [1.807, 2.05) is 44.9 Å². The molecule has 0 aliphatic rings. The summed E-state index contributed by atoms with van der Waals surface area (Å²) in [5.41, 5.74) is -11.0. The number of aryl methyl sites for hydroxylation is 4. The van der Waals surface area contributed by atoms with Crippen LogP contribution in [0.3, 0.4) is 0 Å². The van der Waals surface area contributed by atoms with Crippen LogP contribution in [0.4, 0.5) is 65.9 Å². The summed E-state index contributed by atoms with van der Waals surface area (Å²) in [7, 11) is -2.79. The molecule has 25 heteroatoms. The molecular formula is C60H63F15O9S. The van der Waals surface area contributed by atoms with E-state index in [-0.39, 0.29) is 28.2 Å². The molecule has 0 heterocycles. The van der Waals surface area contributed by atoms with Crippen LogP contribution < -0.4 is 4.18 Å². The van der Waals surface area contributed by atoms with Gasteiger partial charge in [-0.05, 0) is 140 Å². The van der Waals surface area contributed by atoms with Crippen molar-refractivity contribution < 1.29 is 107 Å². The van der Waals surface area contributed by atoms with Gasteiger partial charge in [0.15, 0.2) is 0 Å². The molecular weight excluding hydrogens is 1180 g/mol. The Bertz CT molecular complexity index is 3220. The normalized spacial score (nSPS) is 12.8. The lowest BCUT2D eigenvalue weighted by Gasteiger charge is -2.34. The SMILES string of the molecule is CCC(CC)(c1ccc(C#CC(OCOC)(C(F)(F)F)C(F)(F)F)c(C)c1)c1ccc(OS(=O)(=O)C(F)(F)F)c(C)c1.CCC(CC)(c1ccc(C#CCCCC(=O)OC)c(C)c1)c1ccc(C#CC(OCOC)(C(F)(F)F)C(F)(F)F)c(C)c1. The van der Waals surface area contributed by atoms with Crippen LogP contribution in [0.1, 0.15) is 134 Å². The van der Waals surface area contributed by atoms with Crippen LogP contribution in [0.15, 0.2) is 72.8 Å². The Morgan fingerprint density at radius 1 is 0.482 bits per heavy atom. The van der Waals surface area contributed by atoms with Crippen LogP contribution in [-0.2, 0) is 49.4 Å². The predicted octanol–water partition coefficient (Wildman–Crippen LogP) is 15.4. The summed E-state index contributed by atoms with van der Waals surface area (Å²) in [4.78, 5) is 11.3. The van der Waals surface area contributed by atoms with Crippen LogP contribution >= 0.6 is 0 Å². The van der Waals surface area contributed by atoms with E-state index in [9.17, 15) is 79.1 Å². The number of methoxy groups -OCH3 is 3. The molecule has 0 radical (unpaired) electrons. The van der Waals surface area contributed by atoms with Crippen LogP contribution in [-0.4, -0.2) is 90.7 Å². The molecule has 0 spiro atoms. The third kappa shape index (κ3) is 16.6. The molecule has 0 fully saturated rings. The zero-order chi connectivity index (χ0) is 64.8. The number of carbonyl (C=O) groups is 1. The number of hydrogen-bond donors (Lipinski definition) is 0. The van der Waals surface area contributed by atoms with E-state index in [0.29, 0.717) is 61.6 Å². The molecule has 4 aromatic rings. The van der Waals surface area contributed by atoms with Crippen LogP contribution in [0, 0.1) is 63.2 Å². The molecule has 0 aliphatic heterocycles. The van der Waals surface area contributed by atoms with Gasteiger partial charge in [-0.1, -0.05) is 99.9 Å². The third-order valence-electron chi connectivity index (χ3n) is 14.2. The number of rotatable bonds is 19. The van der Waals surface area contributed by atoms with Crippen molar-refractivity contribution in [2.75, 3.05) is 34.9 Å². The molecule has 0 aromatic heterocycles. The Kier molecular flexibility index (Phi) is 24.7. The van der Waals surface area contributed by atoms with Gasteiger partial charge in [0.25, 0.3) is 0 Å². The van der Waals surface area contributed by atoms with Crippen molar-refractivity contribution in [3.63, 3.8) is 0 Å². The maximum Gasteiger partial charge on any atom is 0.534 e. The van der Waals surface area contributed by atoms with Gasteiger partial charge in [0.05, 0.1) is 7.11 Å². The highest BCUT2D eigenvalue weighted by atomic mass is 32.2. The summed E-state index contributed by atoms with van der Waals surface area (Å²) >= 11 is 0. The number of carbonyl (C=O) groups excluding carboxylic acids is 1. The fourth-order valence-corrected chi connectivity index (χ4v) is 9.69. The average molecular weight is 1250 g/mol. The molecule has 0 atom stereocenters. The van der Waals surface area contributed by atoms with E-state index in [4.69, 9.17) is 0 Å². The van der Waals surface area contributed by atoms with Crippen molar-refractivity contribution in [1.82, 2.24) is 0 Å². The molecule has 0 aliphatic carbocycles. The fraction of sp³-hybridized carbons (Fsp3) is 0.483. The van der Waals surface area contributed by atoms with Crippen molar-refractivity contribution in [1.29, 1.82) is 0 Å². The van der Waals surface area contributed by atoms with Crippen molar-refractivity contribution in [3.8, 4) is 41.3 Å². The second-order valence-electron chi connectivity index (χ2n) is 19.3. The van der Waals surface area contributed by atoms with Gasteiger partial charge in [-0.25, -0.2) is 0 Å². The second kappa shape index (κ2) is 28.8. The topological polar surface area (TPSA) is 107 Å². The van der Waals surface area contributed by atoms with Gasteiger partial charge in [0.1, 0.15) is 19.3 Å². The molecule has 0 saturated carbocycles. The van der Waals surface area contributed by atoms with Crippen LogP contribution in [0.2, 0.25) is 0 Å². The Morgan fingerprint density at radius 3 is 1.09 bits per heavy atom. The van der Waals surface area contributed by atoms with Crippen LogP contribution in [0.25, 0.3) is 0 Å². The first kappa shape index (κ1) is 72.8. The van der Waals surface area contributed by atoms with Crippen molar-refractivity contribution in [2.24, 2.45) is 0 Å². The van der Waals surface area contributed by atoms with E-state index in [0.717, 1.165) is 42.5 Å². The number of hydrogen-bond acceptors (Lipinski definition) is 9. The number of alkyl halides is 15. The maximum absolute atomic E-state index is 13.7. The van der Waals surface area contributed by atoms with E-state index in [2.05, 4.69) is 45.6 Å². The zero-order valence-corrected chi connectivity index (χ0v) is 48.9. The van der Waals surface area contributed by atoms with Gasteiger partial charge < -0.3 is 27.9 Å². The minimum Gasteiger partial charge on any atom is -0.469 e. The molecule has 468 valence electrons. The minimum atomic E-state index is -5.95. The smallest absolute Gasteiger partial charge is 0.469 e. The molecule has 4 rings (SSSR count). The maximum atomic E-state index is 13.7. The predicted molar refractivity (Wildman–Crippen MR) is 285 cm³/mol. The summed E-state index contributed by atoms with van der Waals surface area (Å²) in [6.45, 7) is 11.4. The second-order valence-corrected chi connectivity index (χ2v) is 20.9. The van der Waals surface area contributed by atoms with Gasteiger partial charge in [-0.15, -0.1) is 0 Å². The molecule has 4 aromatic carbocycles. The van der Waals surface area contributed by atoms with Gasteiger partial charge >= 0.3 is 57.5 Å². The zero-order valence-electron chi connectivity index (χ0n) is 48.0. The number of unbranched alkanes of at least 4 members (excludes halogenated alkanes) is 1. The molecule has 0 N–H and O–H groups in total. The quantitative estimate of drug-likeness (QED) is 0.0173. The van der Waals surface area contributed by atoms with Gasteiger partial charge in [0, 0.05) is 54.6 Å². The number of halogens is 15. The average Bonchev–Trinajstić information content (AvgIpc) is 1.29. The third-order valence-corrected chi connectivity index (χ3v) is 15.2. The summed E-state index contributed by atoms with van der Waals surface area (Å²) in [6, 6.07) is 19.0. The first-order valence-corrected chi connectivity index (χ1v) is 27.2. The van der Waals surface area contributed by atoms with E-state index in [1.54, 1.807) is 32.9 Å². The fourth-order valence-electron chi connectivity index (χ4n) is 9.17. The molecule has 0 bridgehead atoms. The first-order chi connectivity index (χ1) is 39.2. The monoisotopic (exact) mass is 1240 g/mol. The molecule has 9 nitrogen and oxygen atoms in total. The lowest BCUT2D eigenvalue weighted by Crippen LogP contribution is -2.58. The Labute approximate surface area is 484 Å². The summed E-state index contributed by atoms with van der Waals surface area (Å²) < 4.78 is 251. The van der Waals surface area contributed by atoms with Crippen molar-refractivity contribution in [3.05, 3.63) is 134 Å². The Hall–Kier alpha value is -6.43. The van der Waals surface area contributed by atoms with Gasteiger partial charge in [-0.2, -0.15) is 74.3 Å². The van der Waals surface area contributed by atoms with E-state index >= 15 is 0 Å². The molecule has 0 amide bonds. The van der Waals surface area contributed by atoms with Gasteiger partial charge in [-0.3, -0.25) is 4.79 Å². The van der Waals surface area contributed by atoms with E-state index in [1.165, 1.54) is 69.2 Å². The number of ether oxygens (including phenoxy) is 5. The first-order valence-electron chi connectivity index (χ1n) is 25.8. The summed E-state index contributed by atoms with van der Waals surface area (Å²) in [5.74, 6) is 12.0. The molecule has 0 unspecified atom stereocenters. The lowest BCUT2D eigenvalue weighted by molar-refractivity contribution is -0.368. The molecule has 0 saturated heterocycles. The van der Waals surface area contributed by atoms with Gasteiger partial charge in [0.2, 0.25) is 0 Å². The Balaban J connectivity index is 0.000000445. The minimum absolute atomic E-state index is 0.0118. The lowest BCUT2D eigenvalue weighted by atomic mass is 9.69. The van der Waals surface area contributed by atoms with Crippen molar-refractivity contribution >= 4 is 16.1 Å². The standard InChI is InChI=1S/C33H36F6O4.C27H27F9O5S/c1-7-30(8-2,27-16-14-25(23(3)20-27)12-10-9-11-13-29(40)42-6)28-17-15-26(24(4)21-28)18-19-31(32(34,35)36,33(37,38)39)43-22-41-5;1-6-23(7-2,21-10-11-22(18(4)15-21)41-42(37,38)27(34,35)36)20-9-8-19(17(3)14-20)12-13-24(25(28,29)30,26(31,32)33)40-16-39-5/h14-17,20-21H,7-9,11,13,22H2,1-6H3;8-11,14-15H,6-7,16H2,1-5H3. The largest absolute Gasteiger partial charge is 0.534 e. The number of esters is 1. The summed E-state index contributed by atoms with van der Waals surface area (Å²) in [6.07, 6.45) is -20.0. The van der Waals surface area contributed by atoms with Crippen LogP contribution in [0.5, 0.6) is 5.75 Å². The highest BCUT2D eigenvalue weighted by molar-refractivity contribution is 7.88. The van der Waals surface area contributed by atoms with E-state index < -0.39 is 81.7 Å². The van der Waals surface area contributed by atoms with Crippen molar-refractivity contribution in [2.45, 2.75) is 153 Å². The highest BCUT2D eigenvalue weighted by Gasteiger charge is 2.73. The number of benzene rings is 4.